The molecule has 1 aliphatic rings. The Morgan fingerprint density at radius 1 is 1.23 bits per heavy atom. The molecule has 19 nitrogen and oxygen atoms in total. The second-order valence-corrected chi connectivity index (χ2v) is 16.3. The van der Waals surface area contributed by atoms with Crippen molar-refractivity contribution in [2.24, 2.45) is 4.99 Å². The van der Waals surface area contributed by atoms with E-state index in [2.05, 4.69) is 35.4 Å². The zero-order valence-electron chi connectivity index (χ0n) is 24.8. The predicted molar refractivity (Wildman–Crippen MR) is 164 cm³/mol. The third-order valence-corrected chi connectivity index (χ3v) is 10.8. The van der Waals surface area contributed by atoms with E-state index in [1.165, 1.54) is 45.0 Å². The number of phosphoric acid groups is 3. The lowest BCUT2D eigenvalue weighted by atomic mass is 10.2. The van der Waals surface area contributed by atoms with Crippen LogP contribution < -0.4 is 5.32 Å². The quantitative estimate of drug-likeness (QED) is 0.0331. The number of halogens is 3. The highest BCUT2D eigenvalue weighted by Crippen LogP contribution is 2.66. The third-order valence-electron chi connectivity index (χ3n) is 5.57. The number of aromatic nitrogens is 3. The average molecular weight is 787 g/mol. The monoisotopic (exact) mass is 786 g/mol. The predicted octanol–water partition coefficient (Wildman–Crippen LogP) is 2.67. The number of ether oxygens (including phenoxy) is 2. The standard InChI is InChI=1S/C21H28F3N6O13P3S2/c1-29(2)11-28-18-17-13(5-4-6-25-20(31)21(22,23)24)8-30(19(17)27-10-26-18)16-7-14(39-12-48-47-3)15(41-16)9-40-45(35,36)43-46(37,38)42-44(32,33)34/h8,10-11,14-16H,6-7,9,12H2,1-3H3,(H,25,31)(H,35,36)(H,37,38)(H2,32,33,34)/t14-,15-,16-/m1/s1. The van der Waals surface area contributed by atoms with Crippen LogP contribution in [0.15, 0.2) is 17.5 Å². The molecule has 2 unspecified atom stereocenters. The topological polar surface area (TPSA) is 254 Å². The van der Waals surface area contributed by atoms with Crippen LogP contribution in [0, 0.1) is 11.8 Å². The van der Waals surface area contributed by atoms with Gasteiger partial charge in [0.2, 0.25) is 0 Å². The first-order valence-corrected chi connectivity index (χ1v) is 20.1. The van der Waals surface area contributed by atoms with Crippen molar-refractivity contribution in [3.63, 3.8) is 0 Å². The van der Waals surface area contributed by atoms with Gasteiger partial charge in [-0.15, -0.1) is 0 Å². The van der Waals surface area contributed by atoms with Crippen LogP contribution in [-0.2, 0) is 41.1 Å². The normalized spacial score (nSPS) is 21.1. The number of hydrogen-bond donors (Lipinski definition) is 5. The number of nitrogens with one attached hydrogen (secondary N) is 1. The summed E-state index contributed by atoms with van der Waals surface area (Å²) in [6.45, 7) is -1.45. The van der Waals surface area contributed by atoms with Gasteiger partial charge in [-0.25, -0.2) is 28.7 Å². The Bertz CT molecular complexity index is 1700. The van der Waals surface area contributed by atoms with E-state index >= 15 is 0 Å². The molecule has 2 aromatic rings. The van der Waals surface area contributed by atoms with Crippen molar-refractivity contribution >= 4 is 74.2 Å². The van der Waals surface area contributed by atoms with Gasteiger partial charge in [-0.1, -0.05) is 33.4 Å². The molecule has 1 aliphatic heterocycles. The number of rotatable bonds is 15. The van der Waals surface area contributed by atoms with E-state index in [-0.39, 0.29) is 34.8 Å². The fourth-order valence-corrected chi connectivity index (χ4v) is 7.66. The summed E-state index contributed by atoms with van der Waals surface area (Å²) in [5.41, 5.74) is 0.392. The summed E-state index contributed by atoms with van der Waals surface area (Å²) in [5, 5.41) is 1.91. The summed E-state index contributed by atoms with van der Waals surface area (Å²) >= 11 is 0. The zero-order valence-corrected chi connectivity index (χ0v) is 29.1. The van der Waals surface area contributed by atoms with E-state index in [0.717, 1.165) is 0 Å². The lowest BCUT2D eigenvalue weighted by Gasteiger charge is -2.21. The number of hydrogen-bond acceptors (Lipinski definition) is 14. The molecule has 0 spiro atoms. The number of carbonyl (C=O) groups is 1. The molecule has 48 heavy (non-hydrogen) atoms. The van der Waals surface area contributed by atoms with Gasteiger partial charge < -0.3 is 43.8 Å². The number of alkyl halides is 3. The van der Waals surface area contributed by atoms with Crippen molar-refractivity contribution in [3.8, 4) is 11.8 Å². The highest BCUT2D eigenvalue weighted by Gasteiger charge is 2.44. The molecule has 5 N–H and O–H groups in total. The minimum absolute atomic E-state index is 0.0535. The van der Waals surface area contributed by atoms with Gasteiger partial charge >= 0.3 is 35.6 Å². The van der Waals surface area contributed by atoms with Gasteiger partial charge in [-0.3, -0.25) is 9.32 Å². The van der Waals surface area contributed by atoms with Crippen LogP contribution in [0.1, 0.15) is 18.2 Å². The number of fused-ring (bicyclic) bond motifs is 1. The highest BCUT2D eigenvalue weighted by atomic mass is 33.1. The summed E-state index contributed by atoms with van der Waals surface area (Å²) in [6.07, 6.45) is -2.16. The molecule has 1 amide bonds. The van der Waals surface area contributed by atoms with E-state index < -0.39 is 67.1 Å². The number of amides is 1. The third kappa shape index (κ3) is 12.4. The fraction of sp³-hybridized carbons (Fsp3) is 0.524. The van der Waals surface area contributed by atoms with Crippen molar-refractivity contribution < 1.29 is 73.9 Å². The molecule has 0 radical (unpaired) electrons. The van der Waals surface area contributed by atoms with Crippen molar-refractivity contribution in [1.82, 2.24) is 24.8 Å². The van der Waals surface area contributed by atoms with Gasteiger partial charge in [-0.2, -0.15) is 21.8 Å². The van der Waals surface area contributed by atoms with Crippen LogP contribution in [0.25, 0.3) is 11.0 Å². The summed E-state index contributed by atoms with van der Waals surface area (Å²) in [5.74, 6) is 3.18. The molecule has 3 heterocycles. The molecule has 0 bridgehead atoms. The molecular formula is C21H28F3N6O13P3S2. The second-order valence-electron chi connectivity index (χ2n) is 9.40. The Balaban J connectivity index is 1.93. The van der Waals surface area contributed by atoms with Crippen LogP contribution in [0.2, 0.25) is 0 Å². The Kier molecular flexibility index (Phi) is 14.1. The highest BCUT2D eigenvalue weighted by molar-refractivity contribution is 8.76. The maximum Gasteiger partial charge on any atom is 0.490 e. The Morgan fingerprint density at radius 2 is 1.94 bits per heavy atom. The van der Waals surface area contributed by atoms with Crippen LogP contribution in [0.5, 0.6) is 0 Å². The number of nitrogens with zero attached hydrogens (tertiary/aromatic N) is 5. The smallest absolute Gasteiger partial charge is 0.369 e. The summed E-state index contributed by atoms with van der Waals surface area (Å²) in [7, 11) is -10.8. The number of phosphoric ester groups is 1. The molecule has 0 aromatic carbocycles. The Morgan fingerprint density at radius 3 is 2.56 bits per heavy atom. The van der Waals surface area contributed by atoms with Gasteiger partial charge in [0.25, 0.3) is 0 Å². The van der Waals surface area contributed by atoms with E-state index in [9.17, 15) is 41.4 Å². The van der Waals surface area contributed by atoms with Gasteiger partial charge in [0.05, 0.1) is 36.5 Å². The molecule has 1 fully saturated rings. The minimum atomic E-state index is -5.77. The van der Waals surface area contributed by atoms with E-state index in [1.807, 2.05) is 0 Å². The van der Waals surface area contributed by atoms with E-state index in [4.69, 9.17) is 23.8 Å². The Hall–Kier alpha value is -2.06. The van der Waals surface area contributed by atoms with Crippen molar-refractivity contribution in [2.45, 2.75) is 31.0 Å². The number of aliphatic imine (C=N–C) groups is 1. The van der Waals surface area contributed by atoms with E-state index in [1.54, 1.807) is 30.6 Å². The van der Waals surface area contributed by atoms with Crippen molar-refractivity contribution in [1.29, 1.82) is 0 Å². The molecule has 1 saturated heterocycles. The van der Waals surface area contributed by atoms with Crippen LogP contribution in [0.3, 0.4) is 0 Å². The average Bonchev–Trinajstić information content (AvgIpc) is 3.52. The van der Waals surface area contributed by atoms with E-state index in [0.29, 0.717) is 0 Å². The lowest BCUT2D eigenvalue weighted by Crippen LogP contribution is -2.36. The molecule has 3 rings (SSSR count). The second kappa shape index (κ2) is 16.8. The first-order valence-electron chi connectivity index (χ1n) is 12.8. The maximum atomic E-state index is 12.6. The Labute approximate surface area is 277 Å². The molecule has 0 aliphatic carbocycles. The number of carbonyl (C=O) groups excluding carboxylic acids is 1. The van der Waals surface area contributed by atoms with Crippen molar-refractivity contribution in [3.05, 3.63) is 18.1 Å². The molecule has 5 atom stereocenters. The first-order chi connectivity index (χ1) is 22.2. The lowest BCUT2D eigenvalue weighted by molar-refractivity contribution is -0.173. The first kappa shape index (κ1) is 40.4. The largest absolute Gasteiger partial charge is 0.490 e. The maximum absolute atomic E-state index is 12.6. The molecule has 27 heteroatoms. The summed E-state index contributed by atoms with van der Waals surface area (Å²) in [4.78, 5) is 62.3. The molecular weight excluding hydrogens is 758 g/mol. The van der Waals surface area contributed by atoms with Crippen LogP contribution in [-0.4, -0.2) is 109 Å². The van der Waals surface area contributed by atoms with Gasteiger partial charge in [-0.05, 0) is 6.26 Å². The summed E-state index contributed by atoms with van der Waals surface area (Å²) in [6, 6.07) is 0. The van der Waals surface area contributed by atoms with Gasteiger partial charge in [0.1, 0.15) is 30.2 Å². The molecule has 0 saturated carbocycles. The SMILES string of the molecule is CSSCO[C@@H]1C[C@H](n2cc(C#CCNC(=O)C(F)(F)F)c3c(N=CN(C)C)ncnc32)O[C@@H]1COP(=O)(O)OP(=O)(O)OP(=O)(O)O. The van der Waals surface area contributed by atoms with Gasteiger partial charge in [0, 0.05) is 26.7 Å². The minimum Gasteiger partial charge on any atom is -0.369 e. The van der Waals surface area contributed by atoms with Crippen LogP contribution in [0.4, 0.5) is 19.0 Å². The van der Waals surface area contributed by atoms with Gasteiger partial charge in [0.15, 0.2) is 5.82 Å². The summed E-state index contributed by atoms with van der Waals surface area (Å²) < 4.78 is 98.3. The zero-order chi connectivity index (χ0) is 35.9. The molecule has 268 valence electrons. The van der Waals surface area contributed by atoms with Crippen molar-refractivity contribution in [2.75, 3.05) is 39.4 Å². The fourth-order valence-electron chi connectivity index (χ4n) is 3.85. The molecule has 2 aromatic heterocycles. The van der Waals surface area contributed by atoms with Crippen LogP contribution >= 0.6 is 45.1 Å².